The zero-order valence-electron chi connectivity index (χ0n) is 12.5. The fourth-order valence-electron chi connectivity index (χ4n) is 2.61. The molecule has 1 saturated carbocycles. The number of ether oxygens (including phenoxy) is 1. The van der Waals surface area contributed by atoms with Gasteiger partial charge in [0, 0.05) is 31.1 Å². The Morgan fingerprint density at radius 3 is 2.67 bits per heavy atom. The molecule has 2 atom stereocenters. The van der Waals surface area contributed by atoms with E-state index in [1.165, 1.54) is 0 Å². The SMILES string of the molecule is Cc1c(NN)nc(C2CC2)nc1NCC1(O)CCOC1C. The second-order valence-corrected chi connectivity index (χ2v) is 6.04. The van der Waals surface area contributed by atoms with Crippen LogP contribution in [0.25, 0.3) is 0 Å². The largest absolute Gasteiger partial charge is 0.385 e. The molecule has 0 radical (unpaired) electrons. The molecule has 7 nitrogen and oxygen atoms in total. The number of nitrogens with one attached hydrogen (secondary N) is 2. The number of aromatic nitrogens is 2. The number of nitrogens with two attached hydrogens (primary N) is 1. The fraction of sp³-hybridized carbons (Fsp3) is 0.714. The van der Waals surface area contributed by atoms with E-state index < -0.39 is 5.60 Å². The molecule has 0 aromatic carbocycles. The first-order valence-corrected chi connectivity index (χ1v) is 7.46. The van der Waals surface area contributed by atoms with Crippen LogP contribution in [0.1, 0.15) is 43.5 Å². The second kappa shape index (κ2) is 5.40. The van der Waals surface area contributed by atoms with E-state index in [2.05, 4.69) is 20.7 Å². The number of hydrazine groups is 1. The van der Waals surface area contributed by atoms with Crippen LogP contribution in [0.4, 0.5) is 11.6 Å². The lowest BCUT2D eigenvalue weighted by Gasteiger charge is -2.27. The minimum absolute atomic E-state index is 0.179. The zero-order chi connectivity index (χ0) is 15.0. The van der Waals surface area contributed by atoms with Gasteiger partial charge in [0.15, 0.2) is 0 Å². The number of anilines is 2. The highest BCUT2D eigenvalue weighted by Crippen LogP contribution is 2.39. The molecule has 2 fully saturated rings. The molecular formula is C14H23N5O2. The molecule has 1 aliphatic carbocycles. The smallest absolute Gasteiger partial charge is 0.148 e. The number of nitrogen functional groups attached to an aromatic ring is 1. The molecule has 0 bridgehead atoms. The third-order valence-electron chi connectivity index (χ3n) is 4.46. The summed E-state index contributed by atoms with van der Waals surface area (Å²) in [5.41, 5.74) is 2.63. The van der Waals surface area contributed by atoms with Crippen LogP contribution in [0, 0.1) is 6.92 Å². The summed E-state index contributed by atoms with van der Waals surface area (Å²) in [5, 5.41) is 13.8. The monoisotopic (exact) mass is 293 g/mol. The van der Waals surface area contributed by atoms with Gasteiger partial charge in [-0.3, -0.25) is 0 Å². The van der Waals surface area contributed by atoms with Crippen LogP contribution in [0.15, 0.2) is 0 Å². The average Bonchev–Trinajstić information content (AvgIpc) is 3.26. The third-order valence-corrected chi connectivity index (χ3v) is 4.46. The zero-order valence-corrected chi connectivity index (χ0v) is 12.5. The van der Waals surface area contributed by atoms with Crippen molar-refractivity contribution < 1.29 is 9.84 Å². The van der Waals surface area contributed by atoms with Crippen LogP contribution in [0.3, 0.4) is 0 Å². The van der Waals surface area contributed by atoms with Crippen molar-refractivity contribution in [3.05, 3.63) is 11.4 Å². The maximum absolute atomic E-state index is 10.6. The van der Waals surface area contributed by atoms with Gasteiger partial charge in [-0.05, 0) is 26.7 Å². The minimum Gasteiger partial charge on any atom is -0.385 e. The average molecular weight is 293 g/mol. The summed E-state index contributed by atoms with van der Waals surface area (Å²) in [5.74, 6) is 8.16. The summed E-state index contributed by atoms with van der Waals surface area (Å²) in [6, 6.07) is 0. The molecule has 1 aromatic rings. The fourth-order valence-corrected chi connectivity index (χ4v) is 2.61. The van der Waals surface area contributed by atoms with Gasteiger partial charge in [-0.2, -0.15) is 0 Å². The van der Waals surface area contributed by atoms with Gasteiger partial charge < -0.3 is 20.6 Å². The van der Waals surface area contributed by atoms with Crippen LogP contribution in [-0.4, -0.2) is 39.9 Å². The van der Waals surface area contributed by atoms with Crippen LogP contribution in [0.5, 0.6) is 0 Å². The molecule has 0 amide bonds. The first-order valence-electron chi connectivity index (χ1n) is 7.46. The number of nitrogens with zero attached hydrogens (tertiary/aromatic N) is 2. The summed E-state index contributed by atoms with van der Waals surface area (Å²) in [4.78, 5) is 9.04. The van der Waals surface area contributed by atoms with Crippen molar-refractivity contribution >= 4 is 11.6 Å². The molecule has 21 heavy (non-hydrogen) atoms. The van der Waals surface area contributed by atoms with Crippen molar-refractivity contribution in [1.29, 1.82) is 0 Å². The van der Waals surface area contributed by atoms with E-state index in [1.54, 1.807) is 0 Å². The molecule has 2 unspecified atom stereocenters. The van der Waals surface area contributed by atoms with E-state index in [4.69, 9.17) is 10.6 Å². The summed E-state index contributed by atoms with van der Waals surface area (Å²) in [6.07, 6.45) is 2.70. The summed E-state index contributed by atoms with van der Waals surface area (Å²) >= 11 is 0. The highest BCUT2D eigenvalue weighted by molar-refractivity contribution is 5.57. The Kier molecular flexibility index (Phi) is 3.73. The third kappa shape index (κ3) is 2.81. The quantitative estimate of drug-likeness (QED) is 0.472. The summed E-state index contributed by atoms with van der Waals surface area (Å²) in [6.45, 7) is 4.79. The Balaban J connectivity index is 1.79. The molecule has 3 rings (SSSR count). The summed E-state index contributed by atoms with van der Waals surface area (Å²) < 4.78 is 5.45. The lowest BCUT2D eigenvalue weighted by atomic mass is 9.97. The second-order valence-electron chi connectivity index (χ2n) is 6.04. The van der Waals surface area contributed by atoms with Crippen LogP contribution in [0.2, 0.25) is 0 Å². The lowest BCUT2D eigenvalue weighted by Crippen LogP contribution is -2.43. The van der Waals surface area contributed by atoms with Crippen molar-refractivity contribution in [1.82, 2.24) is 9.97 Å². The lowest BCUT2D eigenvalue weighted by molar-refractivity contribution is -0.0176. The van der Waals surface area contributed by atoms with Gasteiger partial charge in [0.25, 0.3) is 0 Å². The molecule has 2 heterocycles. The molecule has 7 heteroatoms. The number of hydrogen-bond acceptors (Lipinski definition) is 7. The minimum atomic E-state index is -0.854. The Morgan fingerprint density at radius 1 is 1.38 bits per heavy atom. The standard InChI is InChI=1S/C14H23N5O2/c1-8-11(16-7-14(20)5-6-21-9(14)2)17-13(10-3-4-10)18-12(8)19-15/h9-10,20H,3-7,15H2,1-2H3,(H2,16,17,18,19). The molecule has 5 N–H and O–H groups in total. The molecule has 1 aromatic heterocycles. The maximum atomic E-state index is 10.6. The Morgan fingerprint density at radius 2 is 2.10 bits per heavy atom. The van der Waals surface area contributed by atoms with Gasteiger partial charge in [0.2, 0.25) is 0 Å². The van der Waals surface area contributed by atoms with Crippen molar-refractivity contribution in [3.63, 3.8) is 0 Å². The van der Waals surface area contributed by atoms with Gasteiger partial charge in [0.05, 0.1) is 6.10 Å². The highest BCUT2D eigenvalue weighted by Gasteiger charge is 2.39. The van der Waals surface area contributed by atoms with Crippen LogP contribution in [-0.2, 0) is 4.74 Å². The van der Waals surface area contributed by atoms with E-state index in [-0.39, 0.29) is 6.10 Å². The molecule has 1 aliphatic heterocycles. The van der Waals surface area contributed by atoms with Gasteiger partial charge in [-0.1, -0.05) is 0 Å². The molecule has 1 saturated heterocycles. The topological polar surface area (TPSA) is 105 Å². The Labute approximate surface area is 124 Å². The first-order chi connectivity index (χ1) is 10.0. The first kappa shape index (κ1) is 14.5. The van der Waals surface area contributed by atoms with E-state index in [9.17, 15) is 5.11 Å². The van der Waals surface area contributed by atoms with Gasteiger partial charge in [0.1, 0.15) is 23.1 Å². The molecular weight excluding hydrogens is 270 g/mol. The van der Waals surface area contributed by atoms with Gasteiger partial charge >= 0.3 is 0 Å². The Bertz CT molecular complexity index is 534. The number of hydrogen-bond donors (Lipinski definition) is 4. The normalized spacial score (nSPS) is 28.7. The van der Waals surface area contributed by atoms with Crippen molar-refractivity contribution in [2.24, 2.45) is 5.84 Å². The maximum Gasteiger partial charge on any atom is 0.148 e. The van der Waals surface area contributed by atoms with Crippen molar-refractivity contribution in [3.8, 4) is 0 Å². The molecule has 0 spiro atoms. The number of aliphatic hydroxyl groups is 1. The molecule has 116 valence electrons. The van der Waals surface area contributed by atoms with Gasteiger partial charge in [-0.15, -0.1) is 0 Å². The van der Waals surface area contributed by atoms with E-state index in [0.717, 1.165) is 30.0 Å². The summed E-state index contributed by atoms with van der Waals surface area (Å²) in [7, 11) is 0. The van der Waals surface area contributed by atoms with E-state index in [1.807, 2.05) is 13.8 Å². The predicted molar refractivity (Wildman–Crippen MR) is 80.0 cm³/mol. The molecule has 2 aliphatic rings. The van der Waals surface area contributed by atoms with E-state index >= 15 is 0 Å². The predicted octanol–water partition coefficient (Wildman–Crippen LogP) is 0.900. The van der Waals surface area contributed by atoms with Crippen LogP contribution >= 0.6 is 0 Å². The highest BCUT2D eigenvalue weighted by atomic mass is 16.5. The number of rotatable bonds is 5. The van der Waals surface area contributed by atoms with Crippen LogP contribution < -0.4 is 16.6 Å². The Hall–Kier alpha value is -1.44. The van der Waals surface area contributed by atoms with Crippen molar-refractivity contribution in [2.45, 2.75) is 50.7 Å². The van der Waals surface area contributed by atoms with Gasteiger partial charge in [-0.25, -0.2) is 15.8 Å². The van der Waals surface area contributed by atoms with Crippen molar-refractivity contribution in [2.75, 3.05) is 23.9 Å². The van der Waals surface area contributed by atoms with E-state index in [0.29, 0.717) is 31.3 Å².